The number of hydrogen-bond acceptors (Lipinski definition) is 7. The Bertz CT molecular complexity index is 453. The van der Waals surface area contributed by atoms with Gasteiger partial charge in [-0.1, -0.05) is 0 Å². The topological polar surface area (TPSA) is 140 Å². The quantitative estimate of drug-likeness (QED) is 0.499. The molecule has 0 radical (unpaired) electrons. The van der Waals surface area contributed by atoms with Gasteiger partial charge < -0.3 is 16.8 Å². The molecule has 0 fully saturated rings. The number of hydrogen-bond donors (Lipinski definition) is 4. The molecule has 1 rings (SSSR count). The highest BCUT2D eigenvalue weighted by Gasteiger charge is 2.28. The Morgan fingerprint density at radius 1 is 1.50 bits per heavy atom. The minimum absolute atomic E-state index is 0.192. The lowest BCUT2D eigenvalue weighted by Gasteiger charge is -2.27. The molecule has 0 amide bonds. The maximum absolute atomic E-state index is 11.4. The van der Waals surface area contributed by atoms with Gasteiger partial charge in [-0.2, -0.15) is 4.98 Å². The second kappa shape index (κ2) is 5.13. The largest absolute Gasteiger partial charge is 0.368 e. The van der Waals surface area contributed by atoms with E-state index >= 15 is 0 Å². The van der Waals surface area contributed by atoms with Gasteiger partial charge in [-0.25, -0.2) is 5.10 Å². The summed E-state index contributed by atoms with van der Waals surface area (Å²) in [6.45, 7) is 4.86. The smallest absolute Gasteiger partial charge is 0.244 e. The van der Waals surface area contributed by atoms with Gasteiger partial charge in [0.15, 0.2) is 5.78 Å². The second-order valence-corrected chi connectivity index (χ2v) is 4.78. The third-order valence-electron chi connectivity index (χ3n) is 2.37. The van der Waals surface area contributed by atoms with E-state index in [9.17, 15) is 9.59 Å². The molecule has 8 nitrogen and oxygen atoms in total. The number of ketones is 2. The predicted octanol–water partition coefficient (Wildman–Crippen LogP) is -0.547. The van der Waals surface area contributed by atoms with Crippen LogP contribution in [0.1, 0.15) is 27.2 Å². The molecule has 0 aliphatic carbocycles. The third kappa shape index (κ3) is 3.81. The number of anilines is 2. The van der Waals surface area contributed by atoms with Gasteiger partial charge in [-0.15, -0.1) is 5.10 Å². The number of nitrogens with one attached hydrogen (secondary N) is 2. The summed E-state index contributed by atoms with van der Waals surface area (Å²) in [5.74, 6) is -0.614. The van der Waals surface area contributed by atoms with Crippen molar-refractivity contribution in [2.24, 2.45) is 5.73 Å². The Morgan fingerprint density at radius 2 is 2.11 bits per heavy atom. The molecule has 0 aliphatic heterocycles. The Morgan fingerprint density at radius 3 is 2.56 bits per heavy atom. The SMILES string of the molecule is CC(=O)C(=O)[C@@H](N)CC(C)(C)Nc1n[nH]c(N)n1. The van der Waals surface area contributed by atoms with Crippen LogP contribution in [-0.4, -0.2) is 38.3 Å². The van der Waals surface area contributed by atoms with Gasteiger partial charge in [0.05, 0.1) is 6.04 Å². The summed E-state index contributed by atoms with van der Waals surface area (Å²) < 4.78 is 0. The third-order valence-corrected chi connectivity index (χ3v) is 2.37. The van der Waals surface area contributed by atoms with Crippen LogP contribution in [0.4, 0.5) is 11.9 Å². The number of nitrogens with zero attached hydrogens (tertiary/aromatic N) is 2. The Kier molecular flexibility index (Phi) is 4.02. The van der Waals surface area contributed by atoms with Crippen molar-refractivity contribution < 1.29 is 9.59 Å². The Balaban J connectivity index is 2.64. The number of nitrogens with two attached hydrogens (primary N) is 2. The zero-order valence-electron chi connectivity index (χ0n) is 10.7. The highest BCUT2D eigenvalue weighted by atomic mass is 16.2. The minimum Gasteiger partial charge on any atom is -0.368 e. The van der Waals surface area contributed by atoms with Crippen LogP contribution in [0.3, 0.4) is 0 Å². The van der Waals surface area contributed by atoms with Gasteiger partial charge in [-0.05, 0) is 20.3 Å². The molecule has 8 heteroatoms. The second-order valence-electron chi connectivity index (χ2n) is 4.78. The Labute approximate surface area is 105 Å². The molecule has 6 N–H and O–H groups in total. The summed E-state index contributed by atoms with van der Waals surface area (Å²) in [6.07, 6.45) is 0.278. The molecule has 1 atom stereocenters. The van der Waals surface area contributed by atoms with E-state index in [-0.39, 0.29) is 12.4 Å². The molecular weight excluding hydrogens is 236 g/mol. The molecule has 100 valence electrons. The molecule has 1 aromatic rings. The normalized spacial score (nSPS) is 13.1. The number of Topliss-reactive ketones (excluding diaryl/α,β-unsaturated/α-hetero) is 2. The van der Waals surface area contributed by atoms with Crippen molar-refractivity contribution in [3.8, 4) is 0 Å². The maximum atomic E-state index is 11.4. The number of aromatic nitrogens is 3. The summed E-state index contributed by atoms with van der Waals surface area (Å²) in [5.41, 5.74) is 10.5. The monoisotopic (exact) mass is 254 g/mol. The first-order valence-corrected chi connectivity index (χ1v) is 5.48. The van der Waals surface area contributed by atoms with E-state index < -0.39 is 23.1 Å². The zero-order chi connectivity index (χ0) is 13.9. The number of H-pyrrole nitrogens is 1. The minimum atomic E-state index is -0.846. The average Bonchev–Trinajstić information content (AvgIpc) is 2.60. The summed E-state index contributed by atoms with van der Waals surface area (Å²) in [7, 11) is 0. The van der Waals surface area contributed by atoms with E-state index in [0.29, 0.717) is 5.95 Å². The fraction of sp³-hybridized carbons (Fsp3) is 0.600. The van der Waals surface area contributed by atoms with E-state index in [1.807, 2.05) is 13.8 Å². The highest BCUT2D eigenvalue weighted by Crippen LogP contribution is 2.17. The van der Waals surface area contributed by atoms with Crippen molar-refractivity contribution in [3.05, 3.63) is 0 Å². The van der Waals surface area contributed by atoms with E-state index in [1.165, 1.54) is 6.92 Å². The lowest BCUT2D eigenvalue weighted by molar-refractivity contribution is -0.136. The molecule has 0 saturated heterocycles. The van der Waals surface area contributed by atoms with E-state index in [1.54, 1.807) is 0 Å². The van der Waals surface area contributed by atoms with Crippen LogP contribution in [0.15, 0.2) is 0 Å². The number of nitrogen functional groups attached to an aromatic ring is 1. The molecule has 1 heterocycles. The van der Waals surface area contributed by atoms with Crippen LogP contribution in [0, 0.1) is 0 Å². The van der Waals surface area contributed by atoms with Crippen LogP contribution >= 0.6 is 0 Å². The van der Waals surface area contributed by atoms with Crippen LogP contribution in [0.25, 0.3) is 0 Å². The van der Waals surface area contributed by atoms with Gasteiger partial charge in [0, 0.05) is 12.5 Å². The number of carbonyl (C=O) groups excluding carboxylic acids is 2. The van der Waals surface area contributed by atoms with E-state index in [0.717, 1.165) is 0 Å². The van der Waals surface area contributed by atoms with Gasteiger partial charge in [0.25, 0.3) is 0 Å². The summed E-state index contributed by atoms with van der Waals surface area (Å²) >= 11 is 0. The first-order valence-electron chi connectivity index (χ1n) is 5.48. The van der Waals surface area contributed by atoms with Crippen LogP contribution in [0.2, 0.25) is 0 Å². The fourth-order valence-electron chi connectivity index (χ4n) is 1.59. The number of aromatic amines is 1. The lowest BCUT2D eigenvalue weighted by Crippen LogP contribution is -2.44. The molecule has 0 unspecified atom stereocenters. The molecule has 0 bridgehead atoms. The molecule has 0 spiro atoms. The van der Waals surface area contributed by atoms with Crippen LogP contribution < -0.4 is 16.8 Å². The first-order chi connectivity index (χ1) is 8.21. The molecule has 18 heavy (non-hydrogen) atoms. The maximum Gasteiger partial charge on any atom is 0.244 e. The lowest BCUT2D eigenvalue weighted by atomic mass is 9.92. The van der Waals surface area contributed by atoms with Gasteiger partial charge in [-0.3, -0.25) is 9.59 Å². The van der Waals surface area contributed by atoms with Crippen molar-refractivity contribution in [2.75, 3.05) is 11.1 Å². The molecule has 1 aromatic heterocycles. The molecule has 0 aliphatic rings. The average molecular weight is 254 g/mol. The summed E-state index contributed by atoms with van der Waals surface area (Å²) in [5, 5.41) is 9.30. The van der Waals surface area contributed by atoms with Crippen molar-refractivity contribution in [1.29, 1.82) is 0 Å². The van der Waals surface area contributed by atoms with Crippen molar-refractivity contribution >= 4 is 23.5 Å². The van der Waals surface area contributed by atoms with E-state index in [2.05, 4.69) is 20.5 Å². The van der Waals surface area contributed by atoms with Gasteiger partial charge >= 0.3 is 0 Å². The zero-order valence-corrected chi connectivity index (χ0v) is 10.7. The van der Waals surface area contributed by atoms with Crippen molar-refractivity contribution in [1.82, 2.24) is 15.2 Å². The molecular formula is C10H18N6O2. The molecule has 0 aromatic carbocycles. The standard InChI is InChI=1S/C10H18N6O2/c1-5(17)7(18)6(11)4-10(2,3)14-9-13-8(12)15-16-9/h6H,4,11H2,1-3H3,(H4,12,13,14,15,16)/t6-/m0/s1. The van der Waals surface area contributed by atoms with Crippen LogP contribution in [-0.2, 0) is 9.59 Å². The highest BCUT2D eigenvalue weighted by molar-refractivity contribution is 6.38. The van der Waals surface area contributed by atoms with Crippen LogP contribution in [0.5, 0.6) is 0 Å². The Hall–Kier alpha value is -1.96. The molecule has 0 saturated carbocycles. The fourth-order valence-corrected chi connectivity index (χ4v) is 1.59. The van der Waals surface area contributed by atoms with Gasteiger partial charge in [0.1, 0.15) is 0 Å². The van der Waals surface area contributed by atoms with Gasteiger partial charge in [0.2, 0.25) is 17.7 Å². The summed E-state index contributed by atoms with van der Waals surface area (Å²) in [6, 6.07) is -0.846. The van der Waals surface area contributed by atoms with Crippen molar-refractivity contribution in [3.63, 3.8) is 0 Å². The van der Waals surface area contributed by atoms with E-state index in [4.69, 9.17) is 11.5 Å². The first kappa shape index (κ1) is 14.1. The predicted molar refractivity (Wildman–Crippen MR) is 66.8 cm³/mol. The number of carbonyl (C=O) groups is 2. The summed E-state index contributed by atoms with van der Waals surface area (Å²) in [4.78, 5) is 26.2. The van der Waals surface area contributed by atoms with Crippen molar-refractivity contribution in [2.45, 2.75) is 38.8 Å². The number of rotatable bonds is 6.